The Morgan fingerprint density at radius 1 is 1.19 bits per heavy atom. The van der Waals surface area contributed by atoms with Crippen LogP contribution in [0.5, 0.6) is 0 Å². The van der Waals surface area contributed by atoms with Crippen LogP contribution in [0, 0.1) is 5.92 Å². The van der Waals surface area contributed by atoms with Gasteiger partial charge in [-0.3, -0.25) is 9.59 Å². The first-order valence-corrected chi connectivity index (χ1v) is 7.30. The second kappa shape index (κ2) is 7.78. The van der Waals surface area contributed by atoms with Gasteiger partial charge in [0.15, 0.2) is 0 Å². The normalized spacial score (nSPS) is 21.7. The average molecular weight is 291 g/mol. The second-order valence-electron chi connectivity index (χ2n) is 5.38. The summed E-state index contributed by atoms with van der Waals surface area (Å²) in [6, 6.07) is 9.34. The summed E-state index contributed by atoms with van der Waals surface area (Å²) in [6.45, 7) is 0.332. The van der Waals surface area contributed by atoms with E-state index in [1.54, 1.807) is 0 Å². The molecule has 0 spiro atoms. The molecule has 0 bridgehead atoms. The summed E-state index contributed by atoms with van der Waals surface area (Å²) >= 11 is 0. The van der Waals surface area contributed by atoms with Crippen LogP contribution in [-0.4, -0.2) is 29.6 Å². The number of ether oxygens (including phenoxy) is 1. The Bertz CT molecular complexity index is 474. The molecule has 5 nitrogen and oxygen atoms in total. The first kappa shape index (κ1) is 15.5. The Labute approximate surface area is 124 Å². The van der Waals surface area contributed by atoms with Crippen LogP contribution in [0.2, 0.25) is 0 Å². The number of carbonyl (C=O) groups is 2. The van der Waals surface area contributed by atoms with Gasteiger partial charge in [-0.05, 0) is 18.4 Å². The van der Waals surface area contributed by atoms with Gasteiger partial charge in [0, 0.05) is 6.04 Å². The summed E-state index contributed by atoms with van der Waals surface area (Å²) in [7, 11) is 0. The number of hydrogen-bond acceptors (Lipinski definition) is 3. The molecule has 114 valence electrons. The van der Waals surface area contributed by atoms with Crippen molar-refractivity contribution >= 4 is 11.9 Å². The predicted octanol–water partition coefficient (Wildman–Crippen LogP) is 1.96. The van der Waals surface area contributed by atoms with Gasteiger partial charge in [0.25, 0.3) is 0 Å². The number of carboxylic acid groups (broad SMARTS) is 1. The van der Waals surface area contributed by atoms with Crippen LogP contribution in [0.4, 0.5) is 0 Å². The largest absolute Gasteiger partial charge is 0.481 e. The van der Waals surface area contributed by atoms with Crippen LogP contribution in [-0.2, 0) is 20.9 Å². The van der Waals surface area contributed by atoms with Gasteiger partial charge in [-0.2, -0.15) is 0 Å². The van der Waals surface area contributed by atoms with Gasteiger partial charge in [-0.25, -0.2) is 0 Å². The van der Waals surface area contributed by atoms with E-state index >= 15 is 0 Å². The smallest absolute Gasteiger partial charge is 0.308 e. The molecule has 2 N–H and O–H groups in total. The van der Waals surface area contributed by atoms with E-state index in [0.717, 1.165) is 24.8 Å². The molecule has 5 heteroatoms. The van der Waals surface area contributed by atoms with Crippen molar-refractivity contribution in [3.05, 3.63) is 35.9 Å². The lowest BCUT2D eigenvalue weighted by Crippen LogP contribution is -2.46. The number of nitrogens with one attached hydrogen (secondary N) is 1. The fraction of sp³-hybridized carbons (Fsp3) is 0.500. The maximum absolute atomic E-state index is 11.8. The molecule has 2 unspecified atom stereocenters. The minimum atomic E-state index is -0.829. The number of carbonyl (C=O) groups excluding carboxylic acids is 1. The molecule has 0 radical (unpaired) electrons. The average Bonchev–Trinajstić information content (AvgIpc) is 2.48. The highest BCUT2D eigenvalue weighted by Crippen LogP contribution is 2.24. The van der Waals surface area contributed by atoms with E-state index in [0.29, 0.717) is 13.0 Å². The van der Waals surface area contributed by atoms with Gasteiger partial charge in [0.2, 0.25) is 5.91 Å². The molecule has 1 amide bonds. The third-order valence-electron chi connectivity index (χ3n) is 3.77. The Morgan fingerprint density at radius 3 is 2.62 bits per heavy atom. The van der Waals surface area contributed by atoms with Crippen LogP contribution in [0.1, 0.15) is 31.2 Å². The van der Waals surface area contributed by atoms with Crippen molar-refractivity contribution < 1.29 is 19.4 Å². The molecule has 21 heavy (non-hydrogen) atoms. The van der Waals surface area contributed by atoms with Crippen molar-refractivity contribution in [1.29, 1.82) is 0 Å². The first-order valence-electron chi connectivity index (χ1n) is 7.30. The zero-order valence-corrected chi connectivity index (χ0v) is 12.0. The first-order chi connectivity index (χ1) is 10.2. The Morgan fingerprint density at radius 2 is 1.90 bits per heavy atom. The minimum Gasteiger partial charge on any atom is -0.481 e. The molecule has 1 aromatic carbocycles. The Hall–Kier alpha value is -1.88. The Balaban J connectivity index is 1.74. The van der Waals surface area contributed by atoms with Gasteiger partial charge >= 0.3 is 5.97 Å². The molecule has 1 fully saturated rings. The maximum atomic E-state index is 11.8. The topological polar surface area (TPSA) is 75.6 Å². The lowest BCUT2D eigenvalue weighted by Gasteiger charge is -2.29. The molecule has 0 aliphatic heterocycles. The van der Waals surface area contributed by atoms with E-state index < -0.39 is 11.9 Å². The van der Waals surface area contributed by atoms with E-state index in [4.69, 9.17) is 9.84 Å². The van der Waals surface area contributed by atoms with Crippen molar-refractivity contribution in [3.63, 3.8) is 0 Å². The fourth-order valence-electron chi connectivity index (χ4n) is 2.68. The molecule has 1 saturated carbocycles. The number of benzene rings is 1. The molecular formula is C16H21NO4. The van der Waals surface area contributed by atoms with Crippen LogP contribution in [0.15, 0.2) is 30.3 Å². The van der Waals surface area contributed by atoms with Crippen LogP contribution in [0.3, 0.4) is 0 Å². The van der Waals surface area contributed by atoms with Crippen molar-refractivity contribution in [2.24, 2.45) is 5.92 Å². The van der Waals surface area contributed by atoms with Crippen LogP contribution >= 0.6 is 0 Å². The molecule has 2 rings (SSSR count). The van der Waals surface area contributed by atoms with Gasteiger partial charge < -0.3 is 15.2 Å². The summed E-state index contributed by atoms with van der Waals surface area (Å²) in [5.41, 5.74) is 1.01. The van der Waals surface area contributed by atoms with E-state index in [1.807, 2.05) is 30.3 Å². The molecule has 0 aromatic heterocycles. The van der Waals surface area contributed by atoms with Crippen molar-refractivity contribution in [2.45, 2.75) is 38.3 Å². The van der Waals surface area contributed by atoms with Crippen molar-refractivity contribution in [1.82, 2.24) is 5.32 Å². The number of carboxylic acids is 1. The number of rotatable bonds is 6. The second-order valence-corrected chi connectivity index (χ2v) is 5.38. The van der Waals surface area contributed by atoms with E-state index in [9.17, 15) is 9.59 Å². The lowest BCUT2D eigenvalue weighted by molar-refractivity contribution is -0.144. The molecule has 2 atom stereocenters. The van der Waals surface area contributed by atoms with Gasteiger partial charge in [-0.15, -0.1) is 0 Å². The molecule has 0 heterocycles. The third kappa shape index (κ3) is 4.86. The van der Waals surface area contributed by atoms with Crippen LogP contribution < -0.4 is 5.32 Å². The van der Waals surface area contributed by atoms with Crippen LogP contribution in [0.25, 0.3) is 0 Å². The zero-order chi connectivity index (χ0) is 15.1. The third-order valence-corrected chi connectivity index (χ3v) is 3.77. The zero-order valence-electron chi connectivity index (χ0n) is 12.0. The van der Waals surface area contributed by atoms with Gasteiger partial charge in [0.05, 0.1) is 12.5 Å². The predicted molar refractivity (Wildman–Crippen MR) is 77.6 cm³/mol. The quantitative estimate of drug-likeness (QED) is 0.840. The van der Waals surface area contributed by atoms with E-state index in [2.05, 4.69) is 5.32 Å². The SMILES string of the molecule is O=C(COCc1ccccc1)NC1CCCCC1C(=O)O. The van der Waals surface area contributed by atoms with Gasteiger partial charge in [-0.1, -0.05) is 43.2 Å². The number of aliphatic carboxylic acids is 1. The summed E-state index contributed by atoms with van der Waals surface area (Å²) in [5, 5.41) is 12.0. The monoisotopic (exact) mass is 291 g/mol. The summed E-state index contributed by atoms with van der Waals surface area (Å²) in [6.07, 6.45) is 3.22. The molecule has 1 aliphatic carbocycles. The fourth-order valence-corrected chi connectivity index (χ4v) is 2.68. The highest BCUT2D eigenvalue weighted by atomic mass is 16.5. The standard InChI is InChI=1S/C16H21NO4/c18-15(11-21-10-12-6-2-1-3-7-12)17-14-9-5-4-8-13(14)16(19)20/h1-3,6-7,13-14H,4-5,8-11H2,(H,17,18)(H,19,20). The molecule has 1 aromatic rings. The summed E-state index contributed by atoms with van der Waals surface area (Å²) in [5.74, 6) is -1.55. The highest BCUT2D eigenvalue weighted by Gasteiger charge is 2.31. The lowest BCUT2D eigenvalue weighted by atomic mass is 9.84. The molecular weight excluding hydrogens is 270 g/mol. The summed E-state index contributed by atoms with van der Waals surface area (Å²) < 4.78 is 5.36. The van der Waals surface area contributed by atoms with E-state index in [1.165, 1.54) is 0 Å². The maximum Gasteiger partial charge on any atom is 0.308 e. The Kier molecular flexibility index (Phi) is 5.75. The van der Waals surface area contributed by atoms with Crippen molar-refractivity contribution in [3.8, 4) is 0 Å². The molecule has 1 aliphatic rings. The number of hydrogen-bond donors (Lipinski definition) is 2. The minimum absolute atomic E-state index is 0.0439. The summed E-state index contributed by atoms with van der Waals surface area (Å²) in [4.78, 5) is 23.0. The van der Waals surface area contributed by atoms with E-state index in [-0.39, 0.29) is 18.6 Å². The highest BCUT2D eigenvalue weighted by molar-refractivity contribution is 5.79. The van der Waals surface area contributed by atoms with Gasteiger partial charge in [0.1, 0.15) is 6.61 Å². The number of amides is 1. The molecule has 0 saturated heterocycles. The van der Waals surface area contributed by atoms with Crippen molar-refractivity contribution in [2.75, 3.05) is 6.61 Å².